The highest BCUT2D eigenvalue weighted by atomic mass is 16.3. The van der Waals surface area contributed by atoms with E-state index in [9.17, 15) is 5.11 Å². The average Bonchev–Trinajstić information content (AvgIpc) is 2.33. The average molecular weight is 154 g/mol. The van der Waals surface area contributed by atoms with Crippen molar-refractivity contribution >= 4 is 0 Å². The Hall–Kier alpha value is -0.990. The molecule has 3 nitrogen and oxygen atoms in total. The van der Waals surface area contributed by atoms with Crippen LogP contribution in [0.3, 0.4) is 0 Å². The lowest BCUT2D eigenvalue weighted by atomic mass is 10.3. The standard InChI is InChI=1S/C8H14N2O/c1-3-5-10-8(11)6-7(4-2)9-10/h6,11H,3-5H2,1-2H3. The van der Waals surface area contributed by atoms with Crippen molar-refractivity contribution in [2.75, 3.05) is 0 Å². The Morgan fingerprint density at radius 1 is 1.55 bits per heavy atom. The van der Waals surface area contributed by atoms with E-state index in [4.69, 9.17) is 0 Å². The van der Waals surface area contributed by atoms with Gasteiger partial charge in [-0.3, -0.25) is 0 Å². The smallest absolute Gasteiger partial charge is 0.209 e. The lowest BCUT2D eigenvalue weighted by molar-refractivity contribution is 0.397. The predicted octanol–water partition coefficient (Wildman–Crippen LogP) is 1.56. The van der Waals surface area contributed by atoms with Crippen molar-refractivity contribution in [3.63, 3.8) is 0 Å². The Kier molecular flexibility index (Phi) is 2.52. The van der Waals surface area contributed by atoms with E-state index in [2.05, 4.69) is 12.0 Å². The summed E-state index contributed by atoms with van der Waals surface area (Å²) < 4.78 is 1.64. The molecule has 1 aromatic heterocycles. The highest BCUT2D eigenvalue weighted by Gasteiger charge is 2.02. The summed E-state index contributed by atoms with van der Waals surface area (Å²) in [6.07, 6.45) is 1.88. The van der Waals surface area contributed by atoms with Crippen molar-refractivity contribution in [3.05, 3.63) is 11.8 Å². The van der Waals surface area contributed by atoms with Crippen LogP contribution in [0.2, 0.25) is 0 Å². The van der Waals surface area contributed by atoms with E-state index in [0.29, 0.717) is 0 Å². The van der Waals surface area contributed by atoms with Crippen molar-refractivity contribution in [2.24, 2.45) is 0 Å². The highest BCUT2D eigenvalue weighted by molar-refractivity contribution is 5.14. The molecule has 11 heavy (non-hydrogen) atoms. The summed E-state index contributed by atoms with van der Waals surface area (Å²) in [5, 5.41) is 13.5. The fraction of sp³-hybridized carbons (Fsp3) is 0.625. The lowest BCUT2D eigenvalue weighted by Crippen LogP contribution is -1.98. The van der Waals surface area contributed by atoms with E-state index < -0.39 is 0 Å². The number of rotatable bonds is 3. The summed E-state index contributed by atoms with van der Waals surface area (Å²) in [5.74, 6) is 0.281. The fourth-order valence-corrected chi connectivity index (χ4v) is 1.01. The molecule has 0 aliphatic heterocycles. The van der Waals surface area contributed by atoms with Crippen LogP contribution in [-0.4, -0.2) is 14.9 Å². The summed E-state index contributed by atoms with van der Waals surface area (Å²) in [4.78, 5) is 0. The Morgan fingerprint density at radius 2 is 2.27 bits per heavy atom. The number of hydrogen-bond donors (Lipinski definition) is 1. The molecule has 1 rings (SSSR count). The van der Waals surface area contributed by atoms with Gasteiger partial charge >= 0.3 is 0 Å². The van der Waals surface area contributed by atoms with Crippen LogP contribution in [0.15, 0.2) is 6.07 Å². The Bertz CT molecular complexity index is 230. The Balaban J connectivity index is 2.79. The van der Waals surface area contributed by atoms with E-state index in [0.717, 1.165) is 25.1 Å². The molecule has 0 saturated carbocycles. The topological polar surface area (TPSA) is 38.0 Å². The maximum absolute atomic E-state index is 9.29. The van der Waals surface area contributed by atoms with Crippen LogP contribution in [-0.2, 0) is 13.0 Å². The molecular formula is C8H14N2O. The monoisotopic (exact) mass is 154 g/mol. The maximum atomic E-state index is 9.29. The summed E-state index contributed by atoms with van der Waals surface area (Å²) >= 11 is 0. The zero-order chi connectivity index (χ0) is 8.27. The summed E-state index contributed by atoms with van der Waals surface area (Å²) in [6, 6.07) is 1.72. The van der Waals surface area contributed by atoms with Crippen LogP contribution >= 0.6 is 0 Å². The van der Waals surface area contributed by atoms with Crippen LogP contribution in [0.4, 0.5) is 0 Å². The minimum Gasteiger partial charge on any atom is -0.493 e. The van der Waals surface area contributed by atoms with Gasteiger partial charge in [0.1, 0.15) is 0 Å². The SMILES string of the molecule is CCCn1nc(CC)cc1O. The first-order valence-electron chi connectivity index (χ1n) is 4.03. The van der Waals surface area contributed by atoms with Gasteiger partial charge in [-0.2, -0.15) is 5.10 Å². The van der Waals surface area contributed by atoms with Crippen LogP contribution in [0, 0.1) is 0 Å². The molecule has 0 aromatic carbocycles. The second-order valence-corrected chi connectivity index (χ2v) is 2.57. The molecule has 0 saturated heterocycles. The number of aromatic nitrogens is 2. The van der Waals surface area contributed by atoms with Crippen molar-refractivity contribution < 1.29 is 5.11 Å². The largest absolute Gasteiger partial charge is 0.493 e. The first kappa shape index (κ1) is 8.11. The first-order valence-corrected chi connectivity index (χ1v) is 4.03. The van der Waals surface area contributed by atoms with Gasteiger partial charge in [-0.05, 0) is 12.8 Å². The summed E-state index contributed by atoms with van der Waals surface area (Å²) in [5.41, 5.74) is 0.955. The van der Waals surface area contributed by atoms with E-state index in [1.54, 1.807) is 10.7 Å². The van der Waals surface area contributed by atoms with Gasteiger partial charge < -0.3 is 5.11 Å². The third-order valence-corrected chi connectivity index (χ3v) is 1.61. The van der Waals surface area contributed by atoms with Crippen molar-refractivity contribution in [2.45, 2.75) is 33.2 Å². The van der Waals surface area contributed by atoms with Gasteiger partial charge in [0.2, 0.25) is 5.88 Å². The summed E-state index contributed by atoms with van der Waals surface area (Å²) in [7, 11) is 0. The minimum absolute atomic E-state index is 0.281. The third-order valence-electron chi connectivity index (χ3n) is 1.61. The molecule has 0 spiro atoms. The van der Waals surface area contributed by atoms with Crippen LogP contribution in [0.1, 0.15) is 26.0 Å². The van der Waals surface area contributed by atoms with Crippen molar-refractivity contribution in [1.82, 2.24) is 9.78 Å². The Labute approximate surface area is 66.7 Å². The summed E-state index contributed by atoms with van der Waals surface area (Å²) in [6.45, 7) is 4.89. The van der Waals surface area contributed by atoms with Crippen LogP contribution in [0.5, 0.6) is 5.88 Å². The van der Waals surface area contributed by atoms with Gasteiger partial charge in [-0.25, -0.2) is 4.68 Å². The van der Waals surface area contributed by atoms with E-state index in [1.807, 2.05) is 6.92 Å². The number of hydrogen-bond acceptors (Lipinski definition) is 2. The zero-order valence-electron chi connectivity index (χ0n) is 7.04. The van der Waals surface area contributed by atoms with Gasteiger partial charge in [0.25, 0.3) is 0 Å². The predicted molar refractivity (Wildman–Crippen MR) is 43.6 cm³/mol. The van der Waals surface area contributed by atoms with Gasteiger partial charge in [-0.15, -0.1) is 0 Å². The maximum Gasteiger partial charge on any atom is 0.209 e. The molecule has 0 unspecified atom stereocenters. The molecule has 0 amide bonds. The normalized spacial score (nSPS) is 10.4. The molecule has 0 fully saturated rings. The van der Waals surface area contributed by atoms with Gasteiger partial charge in [0.15, 0.2) is 0 Å². The Morgan fingerprint density at radius 3 is 2.73 bits per heavy atom. The molecule has 0 bridgehead atoms. The first-order chi connectivity index (χ1) is 5.27. The van der Waals surface area contributed by atoms with Crippen LogP contribution < -0.4 is 0 Å². The van der Waals surface area contributed by atoms with E-state index in [-0.39, 0.29) is 5.88 Å². The van der Waals surface area contributed by atoms with Gasteiger partial charge in [0, 0.05) is 12.6 Å². The number of aromatic hydroxyl groups is 1. The molecule has 0 atom stereocenters. The second-order valence-electron chi connectivity index (χ2n) is 2.57. The van der Waals surface area contributed by atoms with Crippen LogP contribution in [0.25, 0.3) is 0 Å². The minimum atomic E-state index is 0.281. The zero-order valence-corrected chi connectivity index (χ0v) is 7.04. The molecule has 0 aliphatic carbocycles. The molecule has 0 aliphatic rings. The lowest BCUT2D eigenvalue weighted by Gasteiger charge is -1.97. The van der Waals surface area contributed by atoms with E-state index >= 15 is 0 Å². The van der Waals surface area contributed by atoms with E-state index in [1.165, 1.54) is 0 Å². The molecule has 1 aromatic rings. The quantitative estimate of drug-likeness (QED) is 0.717. The van der Waals surface area contributed by atoms with Crippen molar-refractivity contribution in [3.8, 4) is 5.88 Å². The van der Waals surface area contributed by atoms with Gasteiger partial charge in [0.05, 0.1) is 5.69 Å². The number of aryl methyl sites for hydroxylation is 2. The number of nitrogens with zero attached hydrogens (tertiary/aromatic N) is 2. The molecule has 1 heterocycles. The molecular weight excluding hydrogens is 140 g/mol. The van der Waals surface area contributed by atoms with Gasteiger partial charge in [-0.1, -0.05) is 13.8 Å². The second kappa shape index (κ2) is 3.42. The molecule has 62 valence electrons. The molecule has 1 N–H and O–H groups in total. The highest BCUT2D eigenvalue weighted by Crippen LogP contribution is 2.11. The molecule has 0 radical (unpaired) electrons. The van der Waals surface area contributed by atoms with Crippen molar-refractivity contribution in [1.29, 1.82) is 0 Å². The molecule has 3 heteroatoms. The third kappa shape index (κ3) is 1.73. The fourth-order valence-electron chi connectivity index (χ4n) is 1.01.